The summed E-state index contributed by atoms with van der Waals surface area (Å²) >= 11 is 0. The van der Waals surface area contributed by atoms with Crippen LogP contribution in [-0.4, -0.2) is 11.7 Å². The number of ether oxygens (including phenoxy) is 1. The van der Waals surface area contributed by atoms with E-state index in [9.17, 15) is 5.11 Å². The Hall–Kier alpha value is -2.16. The summed E-state index contributed by atoms with van der Waals surface area (Å²) in [6, 6.07) is 11.8. The molecule has 0 spiro atoms. The molecule has 0 radical (unpaired) electrons. The molecule has 2 aromatic carbocycles. The van der Waals surface area contributed by atoms with Crippen LogP contribution in [0.3, 0.4) is 0 Å². The van der Waals surface area contributed by atoms with Crippen molar-refractivity contribution in [3.63, 3.8) is 0 Å². The third kappa shape index (κ3) is 3.05. The lowest BCUT2D eigenvalue weighted by Gasteiger charge is -2.14. The number of anilines is 1. The van der Waals surface area contributed by atoms with E-state index in [1.54, 1.807) is 6.07 Å². The highest BCUT2D eigenvalue weighted by molar-refractivity contribution is 5.57. The Kier molecular flexibility index (Phi) is 4.51. The summed E-state index contributed by atoms with van der Waals surface area (Å²) in [6.07, 6.45) is 0. The van der Waals surface area contributed by atoms with E-state index in [0.29, 0.717) is 18.9 Å². The predicted octanol–water partition coefficient (Wildman–Crippen LogP) is 4.02. The smallest absolute Gasteiger partial charge is 0.162 e. The molecule has 0 fully saturated rings. The third-order valence-corrected chi connectivity index (χ3v) is 3.32. The molecule has 2 aromatic rings. The minimum Gasteiger partial charge on any atom is -0.504 e. The van der Waals surface area contributed by atoms with E-state index in [0.717, 1.165) is 11.3 Å². The second-order valence-electron chi connectivity index (χ2n) is 4.82. The zero-order chi connectivity index (χ0) is 14.5. The van der Waals surface area contributed by atoms with E-state index in [1.165, 1.54) is 11.1 Å². The van der Waals surface area contributed by atoms with Crippen LogP contribution >= 0.6 is 0 Å². The molecule has 2 N–H and O–H groups in total. The number of para-hydroxylation sites is 2. The number of rotatable bonds is 5. The summed E-state index contributed by atoms with van der Waals surface area (Å²) < 4.78 is 5.40. The van der Waals surface area contributed by atoms with Gasteiger partial charge in [0.25, 0.3) is 0 Å². The minimum atomic E-state index is 0.216. The molecule has 0 bridgehead atoms. The maximum absolute atomic E-state index is 10.2. The molecule has 0 aromatic heterocycles. The van der Waals surface area contributed by atoms with Crippen LogP contribution in [0, 0.1) is 13.8 Å². The Morgan fingerprint density at radius 2 is 1.70 bits per heavy atom. The van der Waals surface area contributed by atoms with Crippen LogP contribution in [0.5, 0.6) is 11.5 Å². The number of benzene rings is 2. The largest absolute Gasteiger partial charge is 0.504 e. The first kappa shape index (κ1) is 14.3. The van der Waals surface area contributed by atoms with Gasteiger partial charge in [0.15, 0.2) is 11.5 Å². The first-order valence-electron chi connectivity index (χ1n) is 6.87. The Morgan fingerprint density at radius 3 is 2.35 bits per heavy atom. The number of phenols is 1. The van der Waals surface area contributed by atoms with Crippen molar-refractivity contribution < 1.29 is 9.84 Å². The van der Waals surface area contributed by atoms with Crippen molar-refractivity contribution in [1.29, 1.82) is 0 Å². The zero-order valence-electron chi connectivity index (χ0n) is 12.2. The van der Waals surface area contributed by atoms with Crippen LogP contribution in [0.2, 0.25) is 0 Å². The average Bonchev–Trinajstić information content (AvgIpc) is 2.42. The van der Waals surface area contributed by atoms with Crippen molar-refractivity contribution in [2.24, 2.45) is 0 Å². The minimum absolute atomic E-state index is 0.216. The molecule has 3 nitrogen and oxygen atoms in total. The molecule has 0 saturated carbocycles. The summed E-state index contributed by atoms with van der Waals surface area (Å²) in [4.78, 5) is 0. The standard InChI is InChI=1S/C17H21NO2/c1-4-20-15-10-6-9-14(17(15)19)11-18-16-12(2)7-5-8-13(16)3/h5-10,18-19H,4,11H2,1-3H3. The van der Waals surface area contributed by atoms with Crippen LogP contribution in [0.1, 0.15) is 23.6 Å². The van der Waals surface area contributed by atoms with Gasteiger partial charge in [-0.15, -0.1) is 0 Å². The van der Waals surface area contributed by atoms with Crippen molar-refractivity contribution in [2.45, 2.75) is 27.3 Å². The Labute approximate surface area is 120 Å². The SMILES string of the molecule is CCOc1cccc(CNc2c(C)cccc2C)c1O. The number of hydrogen-bond donors (Lipinski definition) is 2. The highest BCUT2D eigenvalue weighted by Crippen LogP contribution is 2.30. The fourth-order valence-corrected chi connectivity index (χ4v) is 2.26. The number of aromatic hydroxyl groups is 1. The van der Waals surface area contributed by atoms with Crippen LogP contribution in [0.4, 0.5) is 5.69 Å². The topological polar surface area (TPSA) is 41.5 Å². The van der Waals surface area contributed by atoms with Crippen LogP contribution in [0.15, 0.2) is 36.4 Å². The highest BCUT2D eigenvalue weighted by atomic mass is 16.5. The molecule has 0 unspecified atom stereocenters. The van der Waals surface area contributed by atoms with E-state index in [2.05, 4.69) is 31.3 Å². The van der Waals surface area contributed by atoms with Gasteiger partial charge in [0.05, 0.1) is 6.61 Å². The molecule has 0 heterocycles. The Morgan fingerprint density at radius 1 is 1.05 bits per heavy atom. The first-order valence-corrected chi connectivity index (χ1v) is 6.87. The van der Waals surface area contributed by atoms with Gasteiger partial charge in [0.2, 0.25) is 0 Å². The predicted molar refractivity (Wildman–Crippen MR) is 82.5 cm³/mol. The van der Waals surface area contributed by atoms with Gasteiger partial charge in [-0.05, 0) is 38.0 Å². The van der Waals surface area contributed by atoms with Crippen molar-refractivity contribution in [1.82, 2.24) is 0 Å². The maximum atomic E-state index is 10.2. The Balaban J connectivity index is 2.17. The van der Waals surface area contributed by atoms with Crippen molar-refractivity contribution in [2.75, 3.05) is 11.9 Å². The van der Waals surface area contributed by atoms with Gasteiger partial charge in [0, 0.05) is 17.8 Å². The van der Waals surface area contributed by atoms with Gasteiger partial charge in [-0.3, -0.25) is 0 Å². The lowest BCUT2D eigenvalue weighted by molar-refractivity contribution is 0.317. The summed E-state index contributed by atoms with van der Waals surface area (Å²) in [7, 11) is 0. The van der Waals surface area contributed by atoms with Gasteiger partial charge in [-0.1, -0.05) is 30.3 Å². The molecule has 106 valence electrons. The molecule has 2 rings (SSSR count). The lowest BCUT2D eigenvalue weighted by atomic mass is 10.1. The molecule has 0 aliphatic heterocycles. The normalized spacial score (nSPS) is 10.3. The maximum Gasteiger partial charge on any atom is 0.162 e. The third-order valence-electron chi connectivity index (χ3n) is 3.32. The summed E-state index contributed by atoms with van der Waals surface area (Å²) in [5.41, 5.74) is 4.35. The molecule has 3 heteroatoms. The fraction of sp³-hybridized carbons (Fsp3) is 0.294. The molecule has 0 amide bonds. The summed E-state index contributed by atoms with van der Waals surface area (Å²) in [6.45, 7) is 7.17. The molecule has 0 saturated heterocycles. The van der Waals surface area contributed by atoms with Gasteiger partial charge < -0.3 is 15.2 Å². The van der Waals surface area contributed by atoms with E-state index in [1.807, 2.05) is 25.1 Å². The molecule has 0 atom stereocenters. The highest BCUT2D eigenvalue weighted by Gasteiger charge is 2.08. The summed E-state index contributed by atoms with van der Waals surface area (Å²) in [5, 5.41) is 13.6. The fourth-order valence-electron chi connectivity index (χ4n) is 2.26. The van der Waals surface area contributed by atoms with Crippen molar-refractivity contribution >= 4 is 5.69 Å². The molecular weight excluding hydrogens is 250 g/mol. The quantitative estimate of drug-likeness (QED) is 0.863. The molecular formula is C17H21NO2. The number of aryl methyl sites for hydroxylation is 2. The van der Waals surface area contributed by atoms with Crippen molar-refractivity contribution in [3.05, 3.63) is 53.1 Å². The second kappa shape index (κ2) is 6.33. The monoisotopic (exact) mass is 271 g/mol. The number of nitrogens with one attached hydrogen (secondary N) is 1. The number of hydrogen-bond acceptors (Lipinski definition) is 3. The van der Waals surface area contributed by atoms with E-state index in [-0.39, 0.29) is 5.75 Å². The lowest BCUT2D eigenvalue weighted by Crippen LogP contribution is -2.04. The van der Waals surface area contributed by atoms with Gasteiger partial charge >= 0.3 is 0 Å². The zero-order valence-corrected chi connectivity index (χ0v) is 12.2. The van der Waals surface area contributed by atoms with E-state index in [4.69, 9.17) is 4.74 Å². The molecule has 0 aliphatic rings. The Bertz CT molecular complexity index is 573. The van der Waals surface area contributed by atoms with Crippen LogP contribution in [0.25, 0.3) is 0 Å². The number of phenolic OH excluding ortho intramolecular Hbond substituents is 1. The van der Waals surface area contributed by atoms with Gasteiger partial charge in [-0.2, -0.15) is 0 Å². The van der Waals surface area contributed by atoms with Gasteiger partial charge in [0.1, 0.15) is 0 Å². The summed E-state index contributed by atoms with van der Waals surface area (Å²) in [5.74, 6) is 0.751. The van der Waals surface area contributed by atoms with Gasteiger partial charge in [-0.25, -0.2) is 0 Å². The van der Waals surface area contributed by atoms with Crippen LogP contribution in [-0.2, 0) is 6.54 Å². The molecule has 0 aliphatic carbocycles. The first-order chi connectivity index (χ1) is 9.63. The van der Waals surface area contributed by atoms with Crippen molar-refractivity contribution in [3.8, 4) is 11.5 Å². The molecule has 20 heavy (non-hydrogen) atoms. The average molecular weight is 271 g/mol. The van der Waals surface area contributed by atoms with E-state index < -0.39 is 0 Å². The second-order valence-corrected chi connectivity index (χ2v) is 4.82. The van der Waals surface area contributed by atoms with E-state index >= 15 is 0 Å². The van der Waals surface area contributed by atoms with Crippen LogP contribution < -0.4 is 10.1 Å².